The molecule has 2 aromatic heterocycles. The van der Waals surface area contributed by atoms with Gasteiger partial charge in [0.2, 0.25) is 0 Å². The molecule has 18 heavy (non-hydrogen) atoms. The minimum absolute atomic E-state index is 0.197. The molecule has 0 saturated heterocycles. The van der Waals surface area contributed by atoms with Crippen LogP contribution in [0.25, 0.3) is 0 Å². The first-order valence-corrected chi connectivity index (χ1v) is 6.71. The van der Waals surface area contributed by atoms with Crippen molar-refractivity contribution in [2.24, 2.45) is 0 Å². The second-order valence-electron chi connectivity index (χ2n) is 3.95. The number of nitriles is 1. The molecular formula is C13H12ClN3S. The first kappa shape index (κ1) is 12.9. The number of halogens is 1. The summed E-state index contributed by atoms with van der Waals surface area (Å²) in [4.78, 5) is 7.52. The van der Waals surface area contributed by atoms with Crippen LogP contribution in [0.5, 0.6) is 0 Å². The molecular weight excluding hydrogens is 266 g/mol. The molecule has 2 rings (SSSR count). The smallest absolute Gasteiger partial charge is 0.132 e. The van der Waals surface area contributed by atoms with Crippen molar-refractivity contribution in [2.75, 3.05) is 11.9 Å². The lowest BCUT2D eigenvalue weighted by Crippen LogP contribution is -2.22. The van der Waals surface area contributed by atoms with Crippen LogP contribution >= 0.6 is 22.9 Å². The number of thiophene rings is 1. The molecule has 0 saturated carbocycles. The van der Waals surface area contributed by atoms with Crippen molar-refractivity contribution >= 4 is 28.8 Å². The third kappa shape index (κ3) is 2.63. The molecule has 0 spiro atoms. The molecule has 0 aliphatic carbocycles. The summed E-state index contributed by atoms with van der Waals surface area (Å²) in [5, 5.41) is 11.3. The molecule has 2 heterocycles. The SMILES string of the molecule is CC(c1cccs1)N(C)c1cc(C#N)cc(Cl)n1. The molecule has 0 N–H and O–H groups in total. The fraction of sp³-hybridized carbons (Fsp3) is 0.231. The van der Waals surface area contributed by atoms with E-state index in [9.17, 15) is 0 Å². The average molecular weight is 278 g/mol. The lowest BCUT2D eigenvalue weighted by atomic mass is 10.2. The van der Waals surface area contributed by atoms with E-state index in [1.807, 2.05) is 23.4 Å². The molecule has 0 amide bonds. The Morgan fingerprint density at radius 1 is 1.50 bits per heavy atom. The standard InChI is InChI=1S/C13H12ClN3S/c1-9(11-4-3-5-18-11)17(2)13-7-10(8-15)6-12(14)16-13/h3-7,9H,1-2H3. The summed E-state index contributed by atoms with van der Waals surface area (Å²) in [5.41, 5.74) is 0.523. The highest BCUT2D eigenvalue weighted by Crippen LogP contribution is 2.28. The van der Waals surface area contributed by atoms with Crippen LogP contribution in [0.3, 0.4) is 0 Å². The maximum Gasteiger partial charge on any atom is 0.132 e. The fourth-order valence-electron chi connectivity index (χ4n) is 1.65. The van der Waals surface area contributed by atoms with Gasteiger partial charge in [-0.1, -0.05) is 17.7 Å². The Labute approximate surface area is 115 Å². The summed E-state index contributed by atoms with van der Waals surface area (Å²) in [6.07, 6.45) is 0. The molecule has 0 fully saturated rings. The Kier molecular flexibility index (Phi) is 3.85. The molecule has 1 unspecified atom stereocenters. The Morgan fingerprint density at radius 3 is 2.89 bits per heavy atom. The second-order valence-corrected chi connectivity index (χ2v) is 5.32. The van der Waals surface area contributed by atoms with Crippen molar-refractivity contribution in [2.45, 2.75) is 13.0 Å². The summed E-state index contributed by atoms with van der Waals surface area (Å²) in [7, 11) is 1.95. The van der Waals surface area contributed by atoms with E-state index >= 15 is 0 Å². The highest BCUT2D eigenvalue weighted by Gasteiger charge is 2.15. The van der Waals surface area contributed by atoms with Crippen molar-refractivity contribution in [3.63, 3.8) is 0 Å². The number of aromatic nitrogens is 1. The topological polar surface area (TPSA) is 39.9 Å². The van der Waals surface area contributed by atoms with E-state index in [4.69, 9.17) is 16.9 Å². The number of nitrogens with zero attached hydrogens (tertiary/aromatic N) is 3. The Hall–Kier alpha value is -1.57. The van der Waals surface area contributed by atoms with E-state index in [-0.39, 0.29) is 6.04 Å². The van der Waals surface area contributed by atoms with Gasteiger partial charge in [0.15, 0.2) is 0 Å². The average Bonchev–Trinajstić information content (AvgIpc) is 2.90. The van der Waals surface area contributed by atoms with E-state index in [1.54, 1.807) is 23.5 Å². The molecule has 1 atom stereocenters. The Bertz CT molecular complexity index is 574. The zero-order valence-electron chi connectivity index (χ0n) is 10.1. The van der Waals surface area contributed by atoms with Crippen LogP contribution in [-0.2, 0) is 0 Å². The highest BCUT2D eigenvalue weighted by atomic mass is 35.5. The molecule has 3 nitrogen and oxygen atoms in total. The van der Waals surface area contributed by atoms with Crippen LogP contribution in [-0.4, -0.2) is 12.0 Å². The third-order valence-corrected chi connectivity index (χ3v) is 4.04. The molecule has 0 aliphatic heterocycles. The van der Waals surface area contributed by atoms with Crippen molar-refractivity contribution < 1.29 is 0 Å². The fourth-order valence-corrected chi connectivity index (χ4v) is 2.68. The second kappa shape index (κ2) is 5.38. The van der Waals surface area contributed by atoms with Gasteiger partial charge in [-0.15, -0.1) is 11.3 Å². The van der Waals surface area contributed by atoms with Gasteiger partial charge in [0.25, 0.3) is 0 Å². The van der Waals surface area contributed by atoms with E-state index < -0.39 is 0 Å². The minimum atomic E-state index is 0.197. The predicted octanol–water partition coefficient (Wildman–Crippen LogP) is 3.87. The van der Waals surface area contributed by atoms with Gasteiger partial charge in [-0.3, -0.25) is 0 Å². The van der Waals surface area contributed by atoms with Crippen LogP contribution in [0.4, 0.5) is 5.82 Å². The van der Waals surface area contributed by atoms with Crippen LogP contribution in [0.1, 0.15) is 23.4 Å². The maximum atomic E-state index is 8.94. The highest BCUT2D eigenvalue weighted by molar-refractivity contribution is 7.10. The summed E-state index contributed by atoms with van der Waals surface area (Å²) in [5.74, 6) is 0.708. The Morgan fingerprint density at radius 2 is 2.28 bits per heavy atom. The zero-order chi connectivity index (χ0) is 13.1. The first-order valence-electron chi connectivity index (χ1n) is 5.45. The van der Waals surface area contributed by atoms with E-state index in [0.29, 0.717) is 16.5 Å². The summed E-state index contributed by atoms with van der Waals surface area (Å²) in [6.45, 7) is 2.10. The van der Waals surface area contributed by atoms with Gasteiger partial charge in [0.05, 0.1) is 17.7 Å². The number of hydrogen-bond acceptors (Lipinski definition) is 4. The van der Waals surface area contributed by atoms with Crippen LogP contribution in [0, 0.1) is 11.3 Å². The van der Waals surface area contributed by atoms with Gasteiger partial charge in [-0.05, 0) is 30.5 Å². The third-order valence-electron chi connectivity index (χ3n) is 2.81. The molecule has 0 bridgehead atoms. The van der Waals surface area contributed by atoms with E-state index in [2.05, 4.69) is 24.0 Å². The lowest BCUT2D eigenvalue weighted by Gasteiger charge is -2.25. The van der Waals surface area contributed by atoms with Crippen molar-refractivity contribution in [1.29, 1.82) is 5.26 Å². The lowest BCUT2D eigenvalue weighted by molar-refractivity contribution is 0.742. The first-order chi connectivity index (χ1) is 8.61. The van der Waals surface area contributed by atoms with Crippen molar-refractivity contribution in [3.05, 3.63) is 45.2 Å². The van der Waals surface area contributed by atoms with Crippen LogP contribution < -0.4 is 4.90 Å². The maximum absolute atomic E-state index is 8.94. The monoisotopic (exact) mass is 277 g/mol. The molecule has 5 heteroatoms. The summed E-state index contributed by atoms with van der Waals surface area (Å²) >= 11 is 7.62. The van der Waals surface area contributed by atoms with Gasteiger partial charge < -0.3 is 4.90 Å². The largest absolute Gasteiger partial charge is 0.352 e. The van der Waals surface area contributed by atoms with Gasteiger partial charge in [-0.2, -0.15) is 5.26 Å². The molecule has 2 aromatic rings. The van der Waals surface area contributed by atoms with Gasteiger partial charge in [0, 0.05) is 11.9 Å². The van der Waals surface area contributed by atoms with Gasteiger partial charge in [-0.25, -0.2) is 4.98 Å². The normalized spacial score (nSPS) is 11.9. The molecule has 92 valence electrons. The summed E-state index contributed by atoms with van der Waals surface area (Å²) in [6, 6.07) is 9.70. The predicted molar refractivity (Wildman–Crippen MR) is 75.1 cm³/mol. The number of anilines is 1. The number of rotatable bonds is 3. The van der Waals surface area contributed by atoms with Crippen LogP contribution in [0.15, 0.2) is 29.6 Å². The zero-order valence-corrected chi connectivity index (χ0v) is 11.7. The Balaban J connectivity index is 2.31. The van der Waals surface area contributed by atoms with E-state index in [1.165, 1.54) is 4.88 Å². The number of hydrogen-bond donors (Lipinski definition) is 0. The molecule has 0 aliphatic rings. The van der Waals surface area contributed by atoms with Crippen LogP contribution in [0.2, 0.25) is 5.15 Å². The number of pyridine rings is 1. The summed E-state index contributed by atoms with van der Waals surface area (Å²) < 4.78 is 0. The van der Waals surface area contributed by atoms with Crippen molar-refractivity contribution in [1.82, 2.24) is 4.98 Å². The van der Waals surface area contributed by atoms with Crippen molar-refractivity contribution in [3.8, 4) is 6.07 Å². The van der Waals surface area contributed by atoms with Gasteiger partial charge >= 0.3 is 0 Å². The molecule has 0 aromatic carbocycles. The minimum Gasteiger partial charge on any atom is -0.352 e. The quantitative estimate of drug-likeness (QED) is 0.800. The van der Waals surface area contributed by atoms with E-state index in [0.717, 1.165) is 0 Å². The van der Waals surface area contributed by atoms with Gasteiger partial charge in [0.1, 0.15) is 11.0 Å². The molecule has 0 radical (unpaired) electrons.